The fourth-order valence-electron chi connectivity index (χ4n) is 2.28. The number of sulfonamides is 1. The van der Waals surface area contributed by atoms with Crippen LogP contribution < -0.4 is 5.32 Å². The quantitative estimate of drug-likeness (QED) is 0.879. The maximum Gasteiger partial charge on any atom is 0.417 e. The van der Waals surface area contributed by atoms with Gasteiger partial charge in [-0.15, -0.1) is 12.4 Å². The molecule has 1 aliphatic rings. The Morgan fingerprint density at radius 2 is 2.00 bits per heavy atom. The molecular formula is C12H15Cl2F3N2O2S. The molecule has 1 aliphatic heterocycles. The minimum absolute atomic E-state index is 0. The van der Waals surface area contributed by atoms with Gasteiger partial charge in [0.25, 0.3) is 0 Å². The number of hydrogen-bond acceptors (Lipinski definition) is 3. The predicted octanol–water partition coefficient (Wildman–Crippen LogP) is 2.76. The normalized spacial score (nSPS) is 19.3. The Morgan fingerprint density at radius 3 is 2.50 bits per heavy atom. The monoisotopic (exact) mass is 378 g/mol. The molecule has 10 heteroatoms. The molecule has 126 valence electrons. The molecule has 1 fully saturated rings. The van der Waals surface area contributed by atoms with E-state index in [4.69, 9.17) is 11.6 Å². The second kappa shape index (κ2) is 6.92. The highest BCUT2D eigenvalue weighted by molar-refractivity contribution is 7.89. The van der Waals surface area contributed by atoms with E-state index in [0.717, 1.165) is 22.5 Å². The smallest absolute Gasteiger partial charge is 0.315 e. The van der Waals surface area contributed by atoms with E-state index in [2.05, 4.69) is 5.32 Å². The minimum Gasteiger partial charge on any atom is -0.315 e. The Hall–Kier alpha value is -0.540. The van der Waals surface area contributed by atoms with Crippen molar-refractivity contribution in [3.8, 4) is 0 Å². The van der Waals surface area contributed by atoms with Crippen LogP contribution in [0.25, 0.3) is 0 Å². The topological polar surface area (TPSA) is 49.4 Å². The molecule has 1 N–H and O–H groups in total. The largest absolute Gasteiger partial charge is 0.417 e. The Labute approximate surface area is 138 Å². The summed E-state index contributed by atoms with van der Waals surface area (Å²) < 4.78 is 65.1. The van der Waals surface area contributed by atoms with Gasteiger partial charge in [0.05, 0.1) is 10.6 Å². The summed E-state index contributed by atoms with van der Waals surface area (Å²) in [5.41, 5.74) is -1.24. The van der Waals surface area contributed by atoms with E-state index in [1.54, 1.807) is 0 Å². The van der Waals surface area contributed by atoms with Crippen LogP contribution in [-0.4, -0.2) is 38.9 Å². The van der Waals surface area contributed by atoms with Crippen LogP contribution >= 0.6 is 24.0 Å². The van der Waals surface area contributed by atoms with Gasteiger partial charge in [0.2, 0.25) is 10.0 Å². The Balaban J connectivity index is 0.00000242. The van der Waals surface area contributed by atoms with Crippen LogP contribution in [0.4, 0.5) is 13.2 Å². The van der Waals surface area contributed by atoms with Crippen LogP contribution in [0.3, 0.4) is 0 Å². The van der Waals surface area contributed by atoms with Crippen molar-refractivity contribution in [1.29, 1.82) is 0 Å². The summed E-state index contributed by atoms with van der Waals surface area (Å²) >= 11 is 5.75. The van der Waals surface area contributed by atoms with Crippen molar-refractivity contribution in [3.05, 3.63) is 28.8 Å². The first-order chi connectivity index (χ1) is 9.65. The van der Waals surface area contributed by atoms with E-state index in [9.17, 15) is 21.6 Å². The number of hydrogen-bond donors (Lipinski definition) is 1. The number of benzene rings is 1. The zero-order valence-electron chi connectivity index (χ0n) is 11.5. The highest BCUT2D eigenvalue weighted by atomic mass is 35.5. The highest BCUT2D eigenvalue weighted by Gasteiger charge is 2.41. The standard InChI is InChI=1S/C12H14ClF3N2O2S.ClH/c1-18(8-5-6-17-7-8)21(19,20)11-9(12(14,15)16)3-2-4-10(11)13;/h2-4,8,17H,5-7H2,1H3;1H. The number of nitrogens with one attached hydrogen (secondary N) is 1. The fourth-order valence-corrected chi connectivity index (χ4v) is 4.39. The molecule has 22 heavy (non-hydrogen) atoms. The van der Waals surface area contributed by atoms with Crippen molar-refractivity contribution >= 4 is 34.0 Å². The van der Waals surface area contributed by atoms with E-state index in [-0.39, 0.29) is 18.4 Å². The molecule has 1 aromatic rings. The van der Waals surface area contributed by atoms with Crippen LogP contribution in [-0.2, 0) is 16.2 Å². The fraction of sp³-hybridized carbons (Fsp3) is 0.500. The van der Waals surface area contributed by atoms with E-state index < -0.39 is 31.7 Å². The average molecular weight is 379 g/mol. The Morgan fingerprint density at radius 1 is 1.36 bits per heavy atom. The third-order valence-corrected chi connectivity index (χ3v) is 5.90. The molecule has 0 amide bonds. The second-order valence-corrected chi connectivity index (χ2v) is 7.12. The molecule has 0 aliphatic carbocycles. The second-order valence-electron chi connectivity index (χ2n) is 4.78. The number of rotatable bonds is 3. The van der Waals surface area contributed by atoms with Gasteiger partial charge in [-0.05, 0) is 25.1 Å². The van der Waals surface area contributed by atoms with E-state index >= 15 is 0 Å². The van der Waals surface area contributed by atoms with Crippen LogP contribution in [0.15, 0.2) is 23.1 Å². The number of halogens is 5. The lowest BCUT2D eigenvalue weighted by molar-refractivity contribution is -0.139. The maximum absolute atomic E-state index is 13.0. The molecule has 0 spiro atoms. The SMILES string of the molecule is CN(C1CCNC1)S(=O)(=O)c1c(Cl)cccc1C(F)(F)F.Cl. The molecule has 1 aromatic carbocycles. The molecule has 1 unspecified atom stereocenters. The summed E-state index contributed by atoms with van der Waals surface area (Å²) in [6.07, 6.45) is -4.25. The third-order valence-electron chi connectivity index (χ3n) is 3.46. The van der Waals surface area contributed by atoms with Crippen molar-refractivity contribution in [2.45, 2.75) is 23.5 Å². The Bertz CT molecular complexity index is 632. The van der Waals surface area contributed by atoms with Gasteiger partial charge in [-0.1, -0.05) is 17.7 Å². The molecule has 0 radical (unpaired) electrons. The van der Waals surface area contributed by atoms with Crippen LogP contribution in [0.1, 0.15) is 12.0 Å². The van der Waals surface area contributed by atoms with Gasteiger partial charge < -0.3 is 5.32 Å². The van der Waals surface area contributed by atoms with Crippen molar-refractivity contribution in [2.24, 2.45) is 0 Å². The predicted molar refractivity (Wildman–Crippen MR) is 79.9 cm³/mol. The lowest BCUT2D eigenvalue weighted by atomic mass is 10.2. The molecule has 4 nitrogen and oxygen atoms in total. The Kier molecular flexibility index (Phi) is 6.14. The van der Waals surface area contributed by atoms with E-state index in [1.807, 2.05) is 0 Å². The first-order valence-electron chi connectivity index (χ1n) is 6.20. The minimum atomic E-state index is -4.79. The molecule has 0 aromatic heterocycles. The summed E-state index contributed by atoms with van der Waals surface area (Å²) in [4.78, 5) is -0.881. The first kappa shape index (κ1) is 19.5. The summed E-state index contributed by atoms with van der Waals surface area (Å²) in [6.45, 7) is 1.03. The first-order valence-corrected chi connectivity index (χ1v) is 8.02. The molecule has 2 rings (SSSR count). The molecule has 1 atom stereocenters. The molecule has 1 heterocycles. The summed E-state index contributed by atoms with van der Waals surface area (Å²) in [5.74, 6) is 0. The average Bonchev–Trinajstić information content (AvgIpc) is 2.89. The van der Waals surface area contributed by atoms with Gasteiger partial charge in [0.15, 0.2) is 0 Å². The zero-order chi connectivity index (χ0) is 15.8. The van der Waals surface area contributed by atoms with E-state index in [1.165, 1.54) is 7.05 Å². The van der Waals surface area contributed by atoms with Crippen molar-refractivity contribution in [2.75, 3.05) is 20.1 Å². The molecular weight excluding hydrogens is 364 g/mol. The summed E-state index contributed by atoms with van der Waals surface area (Å²) in [6, 6.07) is 2.57. The maximum atomic E-state index is 13.0. The van der Waals surface area contributed by atoms with Crippen LogP contribution in [0.2, 0.25) is 5.02 Å². The van der Waals surface area contributed by atoms with Crippen molar-refractivity contribution in [1.82, 2.24) is 9.62 Å². The van der Waals surface area contributed by atoms with Gasteiger partial charge in [-0.3, -0.25) is 0 Å². The molecule has 0 saturated carbocycles. The van der Waals surface area contributed by atoms with Crippen LogP contribution in [0.5, 0.6) is 0 Å². The van der Waals surface area contributed by atoms with Gasteiger partial charge in [0, 0.05) is 19.6 Å². The lowest BCUT2D eigenvalue weighted by Crippen LogP contribution is -2.39. The number of alkyl halides is 3. The molecule has 1 saturated heterocycles. The summed E-state index contributed by atoms with van der Waals surface area (Å²) in [5, 5.41) is 2.55. The molecule has 0 bridgehead atoms. The van der Waals surface area contributed by atoms with Gasteiger partial charge in [0.1, 0.15) is 4.90 Å². The van der Waals surface area contributed by atoms with Crippen LogP contribution in [0, 0.1) is 0 Å². The van der Waals surface area contributed by atoms with Gasteiger partial charge >= 0.3 is 6.18 Å². The van der Waals surface area contributed by atoms with Gasteiger partial charge in [-0.2, -0.15) is 17.5 Å². The summed E-state index contributed by atoms with van der Waals surface area (Å²) in [7, 11) is -3.05. The highest BCUT2D eigenvalue weighted by Crippen LogP contribution is 2.39. The lowest BCUT2D eigenvalue weighted by Gasteiger charge is -2.25. The number of likely N-dealkylation sites (N-methyl/N-ethyl adjacent to an activating group) is 1. The van der Waals surface area contributed by atoms with Gasteiger partial charge in [-0.25, -0.2) is 8.42 Å². The zero-order valence-corrected chi connectivity index (χ0v) is 13.9. The van der Waals surface area contributed by atoms with Crippen molar-refractivity contribution in [3.63, 3.8) is 0 Å². The third kappa shape index (κ3) is 3.68. The van der Waals surface area contributed by atoms with Crippen molar-refractivity contribution < 1.29 is 21.6 Å². The van der Waals surface area contributed by atoms with E-state index in [0.29, 0.717) is 19.5 Å². The number of nitrogens with zero attached hydrogens (tertiary/aromatic N) is 1.